The molecule has 3 N–H and O–H groups in total. The molecule has 10 nitrogen and oxygen atoms in total. The number of likely N-dealkylation sites (N-methyl/N-ethyl adjacent to an activating group) is 1. The van der Waals surface area contributed by atoms with Crippen molar-refractivity contribution >= 4 is 39.2 Å². The van der Waals surface area contributed by atoms with Gasteiger partial charge in [0.15, 0.2) is 11.6 Å². The number of aromatic nitrogens is 6. The number of benzene rings is 1. The smallest absolute Gasteiger partial charge is 0.227 e. The largest absolute Gasteiger partial charge is 0.367 e. The van der Waals surface area contributed by atoms with Crippen molar-refractivity contribution < 1.29 is 9.18 Å². The lowest BCUT2D eigenvalue weighted by molar-refractivity contribution is -0.117. The number of aromatic amines is 2. The molecule has 5 heterocycles. The number of H-pyrrole nitrogens is 2. The summed E-state index contributed by atoms with van der Waals surface area (Å²) in [5.74, 6) is -0.0318. The first kappa shape index (κ1) is 22.8. The molecule has 1 saturated carbocycles. The van der Waals surface area contributed by atoms with E-state index in [0.717, 1.165) is 55.7 Å². The normalized spacial score (nSPS) is 16.4. The summed E-state index contributed by atoms with van der Waals surface area (Å²) in [5.41, 5.74) is 4.71. The lowest BCUT2D eigenvalue weighted by Gasteiger charge is -2.34. The maximum atomic E-state index is 16.0. The van der Waals surface area contributed by atoms with Crippen LogP contribution in [0.25, 0.3) is 44.7 Å². The van der Waals surface area contributed by atoms with Crippen LogP contribution in [-0.2, 0) is 4.79 Å². The Hall–Kier alpha value is -4.38. The zero-order chi connectivity index (χ0) is 25.8. The highest BCUT2D eigenvalue weighted by molar-refractivity contribution is 5.98. The van der Waals surface area contributed by atoms with Crippen LogP contribution in [0.4, 0.5) is 15.8 Å². The van der Waals surface area contributed by atoms with E-state index in [4.69, 9.17) is 4.98 Å². The molecule has 2 aliphatic rings. The molecular weight excluding hydrogens is 485 g/mol. The van der Waals surface area contributed by atoms with E-state index in [1.807, 2.05) is 12.1 Å². The molecule has 7 rings (SSSR count). The van der Waals surface area contributed by atoms with E-state index in [1.54, 1.807) is 18.5 Å². The SMILES string of the molecule is CN1CCN(c2cccc3[nH]c(-c4n[nH]c5cnc(-c6cncc(NC(=O)C7CC7)c6)c(F)c45)nc23)CC1. The maximum absolute atomic E-state index is 16.0. The summed E-state index contributed by atoms with van der Waals surface area (Å²) < 4.78 is 16.0. The Morgan fingerprint density at radius 2 is 1.92 bits per heavy atom. The predicted molar refractivity (Wildman–Crippen MR) is 143 cm³/mol. The Morgan fingerprint density at radius 1 is 1.08 bits per heavy atom. The van der Waals surface area contributed by atoms with Crippen LogP contribution in [0, 0.1) is 11.7 Å². The number of fused-ring (bicyclic) bond motifs is 2. The van der Waals surface area contributed by atoms with Crippen LogP contribution in [0.2, 0.25) is 0 Å². The quantitative estimate of drug-likeness (QED) is 0.328. The zero-order valence-corrected chi connectivity index (χ0v) is 20.8. The van der Waals surface area contributed by atoms with Crippen molar-refractivity contribution in [2.24, 2.45) is 5.92 Å². The third kappa shape index (κ3) is 3.95. The molecule has 1 aromatic carbocycles. The van der Waals surface area contributed by atoms with Crippen molar-refractivity contribution in [3.05, 3.63) is 48.7 Å². The molecule has 38 heavy (non-hydrogen) atoms. The third-order valence-electron chi connectivity index (χ3n) is 7.33. The first-order valence-electron chi connectivity index (χ1n) is 12.8. The Labute approximate surface area is 217 Å². The van der Waals surface area contributed by atoms with Gasteiger partial charge >= 0.3 is 0 Å². The van der Waals surface area contributed by atoms with Gasteiger partial charge in [-0.15, -0.1) is 0 Å². The molecule has 1 saturated heterocycles. The average molecular weight is 512 g/mol. The Balaban J connectivity index is 1.27. The average Bonchev–Trinajstić information content (AvgIpc) is 3.54. The minimum absolute atomic E-state index is 0.0363. The van der Waals surface area contributed by atoms with Crippen molar-refractivity contribution in [2.45, 2.75) is 12.8 Å². The van der Waals surface area contributed by atoms with Crippen molar-refractivity contribution in [2.75, 3.05) is 43.4 Å². The van der Waals surface area contributed by atoms with Crippen LogP contribution in [0.15, 0.2) is 42.9 Å². The number of anilines is 2. The molecular formula is C27H26FN9O. The molecule has 5 aromatic rings. The van der Waals surface area contributed by atoms with Gasteiger partial charge in [0.2, 0.25) is 5.91 Å². The van der Waals surface area contributed by atoms with Gasteiger partial charge in [0, 0.05) is 43.9 Å². The number of halogens is 1. The number of amides is 1. The van der Waals surface area contributed by atoms with Gasteiger partial charge in [-0.2, -0.15) is 5.10 Å². The number of nitrogens with zero attached hydrogens (tertiary/aromatic N) is 6. The van der Waals surface area contributed by atoms with Crippen molar-refractivity contribution in [3.63, 3.8) is 0 Å². The van der Waals surface area contributed by atoms with Gasteiger partial charge < -0.3 is 20.1 Å². The first-order valence-corrected chi connectivity index (χ1v) is 12.8. The van der Waals surface area contributed by atoms with Crippen LogP contribution >= 0.6 is 0 Å². The van der Waals surface area contributed by atoms with Gasteiger partial charge in [0.1, 0.15) is 16.9 Å². The Kier molecular flexibility index (Phi) is 5.32. The van der Waals surface area contributed by atoms with E-state index in [-0.39, 0.29) is 17.5 Å². The molecule has 1 aliphatic heterocycles. The molecule has 11 heteroatoms. The standard InChI is InChI=1S/C27H26FN9O/c1-36-7-9-37(10-8-36)20-4-2-3-18-24(20)33-26(32-18)25-21-19(34-35-25)14-30-23(22(21)28)16-11-17(13-29-12-16)31-27(38)15-5-6-15/h2-4,11-15H,5-10H2,1H3,(H,31,38)(H,32,33)(H,34,35). The zero-order valence-electron chi connectivity index (χ0n) is 20.8. The topological polar surface area (TPSA) is 119 Å². The fraction of sp³-hybridized carbons (Fsp3) is 0.296. The number of imidazole rings is 1. The van der Waals surface area contributed by atoms with E-state index in [0.29, 0.717) is 33.7 Å². The summed E-state index contributed by atoms with van der Waals surface area (Å²) in [4.78, 5) is 33.6. The van der Waals surface area contributed by atoms with Crippen LogP contribution < -0.4 is 10.2 Å². The lowest BCUT2D eigenvalue weighted by Crippen LogP contribution is -2.44. The van der Waals surface area contributed by atoms with Crippen molar-refractivity contribution in [1.29, 1.82) is 0 Å². The lowest BCUT2D eigenvalue weighted by atomic mass is 10.1. The molecule has 2 fully saturated rings. The van der Waals surface area contributed by atoms with Gasteiger partial charge in [-0.3, -0.25) is 19.9 Å². The van der Waals surface area contributed by atoms with Crippen LogP contribution in [0.1, 0.15) is 12.8 Å². The molecule has 192 valence electrons. The van der Waals surface area contributed by atoms with Crippen LogP contribution in [0.3, 0.4) is 0 Å². The molecule has 1 amide bonds. The van der Waals surface area contributed by atoms with E-state index >= 15 is 4.39 Å². The number of rotatable bonds is 5. The number of hydrogen-bond acceptors (Lipinski definition) is 7. The molecule has 1 aliphatic carbocycles. The number of carbonyl (C=O) groups is 1. The predicted octanol–water partition coefficient (Wildman–Crippen LogP) is 3.80. The number of hydrogen-bond donors (Lipinski definition) is 3. The van der Waals surface area contributed by atoms with Gasteiger partial charge in [-0.25, -0.2) is 9.37 Å². The summed E-state index contributed by atoms with van der Waals surface area (Å²) in [5, 5.41) is 10.4. The summed E-state index contributed by atoms with van der Waals surface area (Å²) in [6.07, 6.45) is 6.43. The Morgan fingerprint density at radius 3 is 2.74 bits per heavy atom. The number of nitrogens with one attached hydrogen (secondary N) is 3. The molecule has 0 bridgehead atoms. The minimum atomic E-state index is -0.529. The van der Waals surface area contributed by atoms with E-state index in [1.165, 1.54) is 6.20 Å². The highest BCUT2D eigenvalue weighted by Crippen LogP contribution is 2.35. The number of piperazine rings is 1. The highest BCUT2D eigenvalue weighted by Gasteiger charge is 2.30. The molecule has 0 spiro atoms. The summed E-state index contributed by atoms with van der Waals surface area (Å²) in [6, 6.07) is 7.74. The number of pyridine rings is 2. The van der Waals surface area contributed by atoms with Crippen LogP contribution in [-0.4, -0.2) is 74.2 Å². The molecule has 4 aromatic heterocycles. The summed E-state index contributed by atoms with van der Waals surface area (Å²) in [7, 11) is 2.13. The highest BCUT2D eigenvalue weighted by atomic mass is 19.1. The van der Waals surface area contributed by atoms with Crippen molar-refractivity contribution in [1.82, 2.24) is 35.0 Å². The third-order valence-corrected chi connectivity index (χ3v) is 7.33. The molecule has 0 unspecified atom stereocenters. The van der Waals surface area contributed by atoms with E-state index < -0.39 is 5.82 Å². The Bertz CT molecular complexity index is 1680. The van der Waals surface area contributed by atoms with Crippen molar-refractivity contribution in [3.8, 4) is 22.8 Å². The first-order chi connectivity index (χ1) is 18.5. The fourth-order valence-electron chi connectivity index (χ4n) is 5.01. The van der Waals surface area contributed by atoms with Gasteiger partial charge in [-0.1, -0.05) is 6.07 Å². The fourth-order valence-corrected chi connectivity index (χ4v) is 5.01. The van der Waals surface area contributed by atoms with Gasteiger partial charge in [-0.05, 0) is 38.1 Å². The number of para-hydroxylation sites is 1. The minimum Gasteiger partial charge on any atom is -0.367 e. The maximum Gasteiger partial charge on any atom is 0.227 e. The van der Waals surface area contributed by atoms with Crippen LogP contribution in [0.5, 0.6) is 0 Å². The van der Waals surface area contributed by atoms with E-state index in [9.17, 15) is 4.79 Å². The molecule has 0 radical (unpaired) electrons. The second-order valence-electron chi connectivity index (χ2n) is 10.1. The van der Waals surface area contributed by atoms with E-state index in [2.05, 4.69) is 53.4 Å². The second kappa shape index (κ2) is 8.88. The molecule has 0 atom stereocenters. The van der Waals surface area contributed by atoms with Gasteiger partial charge in [0.25, 0.3) is 0 Å². The summed E-state index contributed by atoms with van der Waals surface area (Å²) in [6.45, 7) is 3.81. The van der Waals surface area contributed by atoms with Gasteiger partial charge in [0.05, 0.1) is 40.2 Å². The monoisotopic (exact) mass is 511 g/mol. The second-order valence-corrected chi connectivity index (χ2v) is 10.1. The summed E-state index contributed by atoms with van der Waals surface area (Å²) >= 11 is 0. The number of carbonyl (C=O) groups excluding carboxylic acids is 1.